The number of methoxy groups -OCH3 is 1. The molecule has 0 unspecified atom stereocenters. The number of anilines is 1. The molecule has 0 aliphatic heterocycles. The second kappa shape index (κ2) is 15.8. The number of hydrogen-bond donors (Lipinski definition) is 0. The van der Waals surface area contributed by atoms with Crippen molar-refractivity contribution >= 4 is 67.4 Å². The number of aromatic nitrogens is 1. The van der Waals surface area contributed by atoms with E-state index in [-0.39, 0.29) is 17.6 Å². The molecule has 0 aliphatic rings. The molecule has 0 saturated heterocycles. The molecule has 0 N–H and O–H groups in total. The van der Waals surface area contributed by atoms with Crippen molar-refractivity contribution < 1.29 is 22.7 Å². The minimum absolute atomic E-state index is 0.125. The van der Waals surface area contributed by atoms with Gasteiger partial charge in [0.2, 0.25) is 10.0 Å². The van der Waals surface area contributed by atoms with Gasteiger partial charge in [-0.15, -0.1) is 0 Å². The Hall–Kier alpha value is -4.47. The predicted molar refractivity (Wildman–Crippen MR) is 206 cm³/mol. The van der Waals surface area contributed by atoms with E-state index in [0.29, 0.717) is 46.5 Å². The largest absolute Gasteiger partial charge is 0.493 e. The summed E-state index contributed by atoms with van der Waals surface area (Å²) < 4.78 is 41.3. The average Bonchev–Trinajstić information content (AvgIpc) is 3.41. The zero-order valence-electron chi connectivity index (χ0n) is 27.9. The number of nitrogens with zero attached hydrogens (tertiary/aromatic N) is 2. The number of esters is 1. The maximum absolute atomic E-state index is 13.3. The van der Waals surface area contributed by atoms with Crippen LogP contribution in [0, 0.1) is 0 Å². The third-order valence-corrected chi connectivity index (χ3v) is 10.9. The Morgan fingerprint density at radius 2 is 1.43 bits per heavy atom. The van der Waals surface area contributed by atoms with Gasteiger partial charge in [-0.05, 0) is 71.3 Å². The summed E-state index contributed by atoms with van der Waals surface area (Å²) in [5.41, 5.74) is 5.81. The Morgan fingerprint density at radius 1 is 0.784 bits per heavy atom. The first kappa shape index (κ1) is 36.3. The van der Waals surface area contributed by atoms with Crippen molar-refractivity contribution in [3.05, 3.63) is 164 Å². The molecule has 1 heterocycles. The summed E-state index contributed by atoms with van der Waals surface area (Å²) in [5.74, 6) is 0.179. The zero-order valence-corrected chi connectivity index (χ0v) is 31.0. The fourth-order valence-electron chi connectivity index (χ4n) is 6.42. The molecule has 6 aromatic rings. The van der Waals surface area contributed by atoms with E-state index in [1.54, 1.807) is 42.5 Å². The van der Waals surface area contributed by atoms with Crippen molar-refractivity contribution in [2.24, 2.45) is 0 Å². The van der Waals surface area contributed by atoms with E-state index in [1.165, 1.54) is 17.7 Å². The van der Waals surface area contributed by atoms with E-state index >= 15 is 0 Å². The molecule has 0 atom stereocenters. The van der Waals surface area contributed by atoms with Gasteiger partial charge in [-0.1, -0.05) is 102 Å². The molecule has 5 aromatic carbocycles. The second-order valence-electron chi connectivity index (χ2n) is 12.0. The van der Waals surface area contributed by atoms with Gasteiger partial charge in [-0.3, -0.25) is 4.31 Å². The Morgan fingerprint density at radius 3 is 2.02 bits per heavy atom. The highest BCUT2D eigenvalue weighted by Gasteiger charge is 2.27. The summed E-state index contributed by atoms with van der Waals surface area (Å²) in [7, 11) is -2.38. The van der Waals surface area contributed by atoms with Crippen LogP contribution in [0.5, 0.6) is 5.75 Å². The Balaban J connectivity index is 1.48. The SMILES string of the molecule is COC(=O)c1ccc(OCCc2c(CCN(c3ccc(Cl)c(Cl)c3)S(C)(=O)=O)n(C(c3ccccc3)c3ccccc3)c3cc(Cl)ccc23)cc1. The monoisotopic (exact) mass is 760 g/mol. The van der Waals surface area contributed by atoms with Crippen LogP contribution in [0.2, 0.25) is 15.1 Å². The number of carbonyl (C=O) groups excluding carboxylic acids is 1. The molecule has 0 fully saturated rings. The highest BCUT2D eigenvalue weighted by atomic mass is 35.5. The summed E-state index contributed by atoms with van der Waals surface area (Å²) in [6.45, 7) is 0.441. The highest BCUT2D eigenvalue weighted by Crippen LogP contribution is 2.38. The number of benzene rings is 5. The lowest BCUT2D eigenvalue weighted by molar-refractivity contribution is 0.0600. The standard InChI is InChI=1S/C40H35Cl3N2O5S/c1-49-40(46)29-13-17-32(18-14-29)50-24-22-34-33-19-15-30(41)25-38(33)45(39(27-9-5-3-6-10-27)28-11-7-4-8-12-28)37(34)21-23-44(51(2,47)48)31-16-20-35(42)36(43)26-31/h3-20,25-26,39H,21-24H2,1-2H3. The Kier molecular flexibility index (Phi) is 11.3. The van der Waals surface area contributed by atoms with E-state index in [0.717, 1.165) is 33.3 Å². The van der Waals surface area contributed by atoms with Gasteiger partial charge < -0.3 is 14.0 Å². The van der Waals surface area contributed by atoms with Crippen molar-refractivity contribution in [3.8, 4) is 5.75 Å². The number of hydrogen-bond acceptors (Lipinski definition) is 5. The van der Waals surface area contributed by atoms with Crippen molar-refractivity contribution in [1.29, 1.82) is 0 Å². The van der Waals surface area contributed by atoms with Gasteiger partial charge in [0, 0.05) is 35.5 Å². The molecular formula is C40H35Cl3N2O5S. The Labute approximate surface area is 312 Å². The first-order valence-corrected chi connectivity index (χ1v) is 19.2. The molecule has 11 heteroatoms. The van der Waals surface area contributed by atoms with Crippen LogP contribution in [-0.2, 0) is 27.6 Å². The second-order valence-corrected chi connectivity index (χ2v) is 15.1. The lowest BCUT2D eigenvalue weighted by atomic mass is 9.97. The molecule has 0 spiro atoms. The van der Waals surface area contributed by atoms with Gasteiger partial charge in [-0.2, -0.15) is 0 Å². The van der Waals surface area contributed by atoms with Crippen LogP contribution in [0.15, 0.2) is 121 Å². The third-order valence-electron chi connectivity index (χ3n) is 8.71. The first-order valence-electron chi connectivity index (χ1n) is 16.2. The maximum atomic E-state index is 13.3. The van der Waals surface area contributed by atoms with Gasteiger partial charge in [0.25, 0.3) is 0 Å². The van der Waals surface area contributed by atoms with E-state index in [9.17, 15) is 13.2 Å². The van der Waals surface area contributed by atoms with Crippen molar-refractivity contribution in [3.63, 3.8) is 0 Å². The molecule has 0 bridgehead atoms. The van der Waals surface area contributed by atoms with E-state index in [2.05, 4.69) is 28.8 Å². The summed E-state index contributed by atoms with van der Waals surface area (Å²) in [4.78, 5) is 11.9. The number of fused-ring (bicyclic) bond motifs is 1. The number of halogens is 3. The minimum Gasteiger partial charge on any atom is -0.493 e. The molecular weight excluding hydrogens is 727 g/mol. The van der Waals surface area contributed by atoms with Crippen molar-refractivity contribution in [1.82, 2.24) is 4.57 Å². The van der Waals surface area contributed by atoms with Gasteiger partial charge in [-0.25, -0.2) is 13.2 Å². The quantitative estimate of drug-likeness (QED) is 0.110. The van der Waals surface area contributed by atoms with Crippen LogP contribution < -0.4 is 9.04 Å². The first-order chi connectivity index (χ1) is 24.5. The number of rotatable bonds is 13. The molecule has 262 valence electrons. The number of carbonyl (C=O) groups is 1. The van der Waals surface area contributed by atoms with Crippen LogP contribution in [0.25, 0.3) is 10.9 Å². The molecule has 7 nitrogen and oxygen atoms in total. The lowest BCUT2D eigenvalue weighted by Crippen LogP contribution is -2.32. The summed E-state index contributed by atoms with van der Waals surface area (Å²) in [6, 6.07) is 37.6. The molecule has 0 aliphatic carbocycles. The fourth-order valence-corrected chi connectivity index (χ4v) is 7.80. The molecule has 6 rings (SSSR count). The summed E-state index contributed by atoms with van der Waals surface area (Å²) in [5, 5.41) is 2.16. The predicted octanol–water partition coefficient (Wildman–Crippen LogP) is 9.66. The summed E-state index contributed by atoms with van der Waals surface area (Å²) in [6.07, 6.45) is 2.03. The van der Waals surface area contributed by atoms with Crippen LogP contribution in [0.3, 0.4) is 0 Å². The fraction of sp³-hybridized carbons (Fsp3) is 0.175. The minimum atomic E-state index is -3.73. The molecule has 0 saturated carbocycles. The smallest absolute Gasteiger partial charge is 0.337 e. The molecule has 1 aromatic heterocycles. The van der Waals surface area contributed by atoms with Crippen molar-refractivity contribution in [2.45, 2.75) is 18.9 Å². The average molecular weight is 762 g/mol. The molecule has 0 radical (unpaired) electrons. The normalized spacial score (nSPS) is 11.6. The van der Waals surface area contributed by atoms with Gasteiger partial charge in [0.1, 0.15) is 5.75 Å². The number of ether oxygens (including phenoxy) is 2. The highest BCUT2D eigenvalue weighted by molar-refractivity contribution is 7.92. The van der Waals surface area contributed by atoms with Crippen LogP contribution >= 0.6 is 34.8 Å². The maximum Gasteiger partial charge on any atom is 0.337 e. The van der Waals surface area contributed by atoms with Gasteiger partial charge in [0.15, 0.2) is 0 Å². The van der Waals surface area contributed by atoms with Crippen LogP contribution in [0.1, 0.15) is 38.8 Å². The lowest BCUT2D eigenvalue weighted by Gasteiger charge is -2.27. The van der Waals surface area contributed by atoms with Gasteiger partial charge >= 0.3 is 5.97 Å². The Bertz CT molecular complexity index is 2220. The van der Waals surface area contributed by atoms with Crippen LogP contribution in [0.4, 0.5) is 5.69 Å². The number of sulfonamides is 1. The zero-order chi connectivity index (χ0) is 36.1. The van der Waals surface area contributed by atoms with Gasteiger partial charge in [0.05, 0.1) is 52.8 Å². The van der Waals surface area contributed by atoms with E-state index in [1.807, 2.05) is 54.6 Å². The molecule has 0 amide bonds. The van der Waals surface area contributed by atoms with E-state index in [4.69, 9.17) is 44.3 Å². The summed E-state index contributed by atoms with van der Waals surface area (Å²) >= 11 is 19.2. The van der Waals surface area contributed by atoms with E-state index < -0.39 is 16.0 Å². The van der Waals surface area contributed by atoms with Crippen molar-refractivity contribution in [2.75, 3.05) is 30.8 Å². The topological polar surface area (TPSA) is 77.8 Å². The molecule has 51 heavy (non-hydrogen) atoms. The third kappa shape index (κ3) is 8.21. The van der Waals surface area contributed by atoms with Crippen LogP contribution in [-0.4, -0.2) is 45.5 Å².